The molecule has 1 aromatic carbocycles. The third-order valence-corrected chi connectivity index (χ3v) is 4.76. The highest BCUT2D eigenvalue weighted by Gasteiger charge is 2.15. The summed E-state index contributed by atoms with van der Waals surface area (Å²) in [5.74, 6) is 0.575. The Labute approximate surface area is 156 Å². The summed E-state index contributed by atoms with van der Waals surface area (Å²) in [6, 6.07) is 3.92. The van der Waals surface area contributed by atoms with E-state index in [1.807, 2.05) is 12.1 Å². The van der Waals surface area contributed by atoms with Gasteiger partial charge in [-0.15, -0.1) is 0 Å². The normalized spacial score (nSPS) is 15.1. The SMILES string of the molecule is COc1cc(C[NH2+]CCC[NH+]2CCOCC2)cc(Br)c1OCC(N)=O. The van der Waals surface area contributed by atoms with E-state index in [-0.39, 0.29) is 6.61 Å². The van der Waals surface area contributed by atoms with Crippen molar-refractivity contribution in [1.29, 1.82) is 0 Å². The molecule has 1 heterocycles. The van der Waals surface area contributed by atoms with Gasteiger partial charge < -0.3 is 30.2 Å². The molecular weight excluding hydrogens is 390 g/mol. The van der Waals surface area contributed by atoms with Crippen LogP contribution in [0.5, 0.6) is 11.5 Å². The fraction of sp³-hybridized carbons (Fsp3) is 0.588. The van der Waals surface area contributed by atoms with Crippen LogP contribution < -0.4 is 25.4 Å². The molecule has 7 nitrogen and oxygen atoms in total. The third kappa shape index (κ3) is 6.81. The molecule has 0 spiro atoms. The Morgan fingerprint density at radius 2 is 2.16 bits per heavy atom. The Kier molecular flexibility index (Phi) is 8.47. The summed E-state index contributed by atoms with van der Waals surface area (Å²) in [5, 5.41) is 2.30. The number of benzene rings is 1. The van der Waals surface area contributed by atoms with Gasteiger partial charge in [0.1, 0.15) is 19.6 Å². The Hall–Kier alpha value is -1.35. The standard InChI is InChI=1S/C17H26BrN3O4/c1-23-15-10-13(9-14(18)17(15)25-12-16(19)22)11-20-3-2-4-21-5-7-24-8-6-21/h9-10,20H,2-8,11-12H2,1H3,(H2,19,22)/p+2. The molecule has 0 aliphatic carbocycles. The van der Waals surface area contributed by atoms with E-state index in [0.29, 0.717) is 11.5 Å². The van der Waals surface area contributed by atoms with Crippen LogP contribution in [0.15, 0.2) is 16.6 Å². The predicted octanol–water partition coefficient (Wildman–Crippen LogP) is -1.31. The van der Waals surface area contributed by atoms with E-state index in [2.05, 4.69) is 21.2 Å². The lowest BCUT2D eigenvalue weighted by molar-refractivity contribution is -0.909. The van der Waals surface area contributed by atoms with Gasteiger partial charge in [-0.05, 0) is 28.1 Å². The number of methoxy groups -OCH3 is 1. The average Bonchev–Trinajstić information content (AvgIpc) is 2.60. The minimum absolute atomic E-state index is 0.176. The van der Waals surface area contributed by atoms with Crippen LogP contribution in [0.25, 0.3) is 0 Å². The van der Waals surface area contributed by atoms with Crippen molar-refractivity contribution in [2.24, 2.45) is 5.73 Å². The van der Waals surface area contributed by atoms with Gasteiger partial charge in [0.25, 0.3) is 5.91 Å². The number of carbonyl (C=O) groups excluding carboxylic acids is 1. The van der Waals surface area contributed by atoms with Crippen molar-refractivity contribution in [2.75, 3.05) is 53.1 Å². The maximum absolute atomic E-state index is 10.9. The first-order valence-electron chi connectivity index (χ1n) is 8.60. The zero-order chi connectivity index (χ0) is 18.1. The number of hydrogen-bond donors (Lipinski definition) is 3. The molecule has 1 fully saturated rings. The summed E-state index contributed by atoms with van der Waals surface area (Å²) in [4.78, 5) is 12.5. The lowest BCUT2D eigenvalue weighted by atomic mass is 10.2. The van der Waals surface area contributed by atoms with Crippen molar-refractivity contribution in [3.8, 4) is 11.5 Å². The van der Waals surface area contributed by atoms with Crippen molar-refractivity contribution in [3.63, 3.8) is 0 Å². The van der Waals surface area contributed by atoms with Gasteiger partial charge in [-0.2, -0.15) is 0 Å². The number of carbonyl (C=O) groups is 1. The molecule has 1 aliphatic rings. The van der Waals surface area contributed by atoms with E-state index in [1.165, 1.54) is 13.0 Å². The predicted molar refractivity (Wildman–Crippen MR) is 96.9 cm³/mol. The number of ether oxygens (including phenoxy) is 3. The molecule has 0 unspecified atom stereocenters. The van der Waals surface area contributed by atoms with E-state index in [9.17, 15) is 4.79 Å². The number of nitrogens with one attached hydrogen (secondary N) is 1. The summed E-state index contributed by atoms with van der Waals surface area (Å²) in [7, 11) is 1.58. The molecule has 2 rings (SSSR count). The van der Waals surface area contributed by atoms with E-state index >= 15 is 0 Å². The second kappa shape index (κ2) is 10.6. The van der Waals surface area contributed by atoms with Gasteiger partial charge >= 0.3 is 0 Å². The first-order valence-corrected chi connectivity index (χ1v) is 9.40. The second-order valence-corrected chi connectivity index (χ2v) is 6.97. The van der Waals surface area contributed by atoms with Crippen LogP contribution in [0.2, 0.25) is 0 Å². The van der Waals surface area contributed by atoms with Crippen LogP contribution in [0.3, 0.4) is 0 Å². The molecule has 25 heavy (non-hydrogen) atoms. The van der Waals surface area contributed by atoms with Gasteiger partial charge in [-0.25, -0.2) is 0 Å². The molecule has 1 saturated heterocycles. The second-order valence-electron chi connectivity index (χ2n) is 6.11. The number of morpholine rings is 1. The summed E-state index contributed by atoms with van der Waals surface area (Å²) in [6.45, 7) is 6.99. The van der Waals surface area contributed by atoms with E-state index in [4.69, 9.17) is 19.9 Å². The quantitative estimate of drug-likeness (QED) is 0.412. The minimum Gasteiger partial charge on any atom is -0.493 e. The fourth-order valence-electron chi connectivity index (χ4n) is 2.85. The van der Waals surface area contributed by atoms with Crippen molar-refractivity contribution in [1.82, 2.24) is 0 Å². The molecule has 8 heteroatoms. The van der Waals surface area contributed by atoms with Crippen molar-refractivity contribution in [2.45, 2.75) is 13.0 Å². The molecule has 1 aliphatic heterocycles. The van der Waals surface area contributed by atoms with Gasteiger partial charge in [0, 0.05) is 12.0 Å². The van der Waals surface area contributed by atoms with Crippen LogP contribution in [0, 0.1) is 0 Å². The molecular formula is C17H28BrN3O4+2. The number of halogens is 1. The molecule has 140 valence electrons. The highest BCUT2D eigenvalue weighted by atomic mass is 79.9. The molecule has 1 aromatic rings. The number of rotatable bonds is 10. The maximum atomic E-state index is 10.9. The molecule has 1 amide bonds. The highest BCUT2D eigenvalue weighted by Crippen LogP contribution is 2.36. The van der Waals surface area contributed by atoms with E-state index in [1.54, 1.807) is 12.0 Å². The fourth-order valence-corrected chi connectivity index (χ4v) is 3.45. The van der Waals surface area contributed by atoms with E-state index in [0.717, 1.165) is 49.4 Å². The lowest BCUT2D eigenvalue weighted by Gasteiger charge is -2.23. The summed E-state index contributed by atoms with van der Waals surface area (Å²) < 4.78 is 16.9. The van der Waals surface area contributed by atoms with E-state index < -0.39 is 5.91 Å². The Morgan fingerprint density at radius 3 is 2.84 bits per heavy atom. The smallest absolute Gasteiger partial charge is 0.255 e. The highest BCUT2D eigenvalue weighted by molar-refractivity contribution is 9.10. The summed E-state index contributed by atoms with van der Waals surface area (Å²) in [5.41, 5.74) is 6.26. The van der Waals surface area contributed by atoms with Crippen LogP contribution >= 0.6 is 15.9 Å². The zero-order valence-corrected chi connectivity index (χ0v) is 16.3. The summed E-state index contributed by atoms with van der Waals surface area (Å²) >= 11 is 3.48. The van der Waals surface area contributed by atoms with Gasteiger partial charge in [0.05, 0.1) is 37.9 Å². The largest absolute Gasteiger partial charge is 0.493 e. The number of primary amides is 1. The van der Waals surface area contributed by atoms with Gasteiger partial charge in [0.15, 0.2) is 18.1 Å². The zero-order valence-electron chi connectivity index (χ0n) is 14.7. The van der Waals surface area contributed by atoms with Crippen molar-refractivity contribution in [3.05, 3.63) is 22.2 Å². The Morgan fingerprint density at radius 1 is 1.40 bits per heavy atom. The molecule has 0 radical (unpaired) electrons. The van der Waals surface area contributed by atoms with Crippen molar-refractivity contribution < 1.29 is 29.2 Å². The molecule has 0 bridgehead atoms. The summed E-state index contributed by atoms with van der Waals surface area (Å²) in [6.07, 6.45) is 1.19. The van der Waals surface area contributed by atoms with Gasteiger partial charge in [0.2, 0.25) is 0 Å². The Bertz CT molecular complexity index is 565. The van der Waals surface area contributed by atoms with Crippen molar-refractivity contribution >= 4 is 21.8 Å². The Balaban J connectivity index is 1.79. The number of quaternary nitrogens is 2. The first-order chi connectivity index (χ1) is 12.1. The third-order valence-electron chi connectivity index (χ3n) is 4.17. The molecule has 5 N–H and O–H groups in total. The first kappa shape index (κ1) is 20.0. The average molecular weight is 418 g/mol. The van der Waals surface area contributed by atoms with Crippen LogP contribution in [0.1, 0.15) is 12.0 Å². The number of amides is 1. The number of nitrogens with two attached hydrogens (primary N) is 2. The molecule has 0 aromatic heterocycles. The van der Waals surface area contributed by atoms with Crippen LogP contribution in [0.4, 0.5) is 0 Å². The monoisotopic (exact) mass is 417 g/mol. The minimum atomic E-state index is -0.520. The lowest BCUT2D eigenvalue weighted by Crippen LogP contribution is -3.14. The number of hydrogen-bond acceptors (Lipinski definition) is 4. The van der Waals surface area contributed by atoms with Gasteiger partial charge in [-0.1, -0.05) is 0 Å². The van der Waals surface area contributed by atoms with Gasteiger partial charge in [-0.3, -0.25) is 4.79 Å². The maximum Gasteiger partial charge on any atom is 0.255 e. The van der Waals surface area contributed by atoms with Crippen LogP contribution in [-0.2, 0) is 16.1 Å². The van der Waals surface area contributed by atoms with Crippen LogP contribution in [-0.4, -0.2) is 59.0 Å². The topological polar surface area (TPSA) is 91.8 Å². The molecule has 0 saturated carbocycles. The molecule has 0 atom stereocenters.